The average Bonchev–Trinajstić information content (AvgIpc) is 2.32. The number of ether oxygens (including phenoxy) is 2. The Hall–Kier alpha value is -1.16. The van der Waals surface area contributed by atoms with E-state index in [1.165, 1.54) is 11.8 Å². The molecule has 0 N–H and O–H groups in total. The maximum Gasteiger partial charge on any atom is 0.319 e. The first-order valence-corrected chi connectivity index (χ1v) is 6.61. The van der Waals surface area contributed by atoms with Gasteiger partial charge in [0.2, 0.25) is 0 Å². The van der Waals surface area contributed by atoms with E-state index >= 15 is 0 Å². The Labute approximate surface area is 106 Å². The summed E-state index contributed by atoms with van der Waals surface area (Å²) in [5, 5.41) is -0.187. The molecule has 0 amide bonds. The molecule has 4 heteroatoms. The molecule has 0 spiro atoms. The minimum absolute atomic E-state index is 0.175. The number of hydrogen-bond donors (Lipinski definition) is 0. The second kappa shape index (κ2) is 7.22. The lowest BCUT2D eigenvalue weighted by atomic mass is 10.3. The van der Waals surface area contributed by atoms with Crippen molar-refractivity contribution in [1.82, 2.24) is 0 Å². The molecular weight excluding hydrogens is 236 g/mol. The van der Waals surface area contributed by atoms with Gasteiger partial charge in [0.25, 0.3) is 0 Å². The summed E-state index contributed by atoms with van der Waals surface area (Å²) < 4.78 is 10.3. The fourth-order valence-corrected chi connectivity index (χ4v) is 2.16. The fraction of sp³-hybridized carbons (Fsp3) is 0.462. The molecule has 0 saturated heterocycles. The van der Waals surface area contributed by atoms with Gasteiger partial charge in [-0.2, -0.15) is 0 Å². The van der Waals surface area contributed by atoms with Crippen LogP contribution in [-0.2, 0) is 9.53 Å². The lowest BCUT2D eigenvalue weighted by Crippen LogP contribution is -2.16. The number of rotatable bonds is 6. The van der Waals surface area contributed by atoms with Crippen LogP contribution in [0.4, 0.5) is 0 Å². The van der Waals surface area contributed by atoms with Crippen LogP contribution in [0.25, 0.3) is 0 Å². The zero-order valence-electron chi connectivity index (χ0n) is 10.4. The first kappa shape index (κ1) is 13.9. The first-order chi connectivity index (χ1) is 8.17. The molecule has 0 heterocycles. The van der Waals surface area contributed by atoms with Crippen LogP contribution in [0.5, 0.6) is 5.75 Å². The van der Waals surface area contributed by atoms with Gasteiger partial charge in [-0.3, -0.25) is 4.79 Å². The molecule has 1 rings (SSSR count). The molecule has 0 radical (unpaired) electrons. The van der Waals surface area contributed by atoms with Gasteiger partial charge in [0.05, 0.1) is 13.2 Å². The summed E-state index contributed by atoms with van der Waals surface area (Å²) in [6.07, 6.45) is 0. The Morgan fingerprint density at radius 1 is 1.24 bits per heavy atom. The lowest BCUT2D eigenvalue weighted by Gasteiger charge is -2.10. The van der Waals surface area contributed by atoms with Crippen LogP contribution in [0.1, 0.15) is 20.8 Å². The van der Waals surface area contributed by atoms with Crippen molar-refractivity contribution < 1.29 is 14.3 Å². The Morgan fingerprint density at radius 3 is 2.41 bits per heavy atom. The van der Waals surface area contributed by atoms with Crippen LogP contribution in [-0.4, -0.2) is 24.4 Å². The molecule has 0 unspecified atom stereocenters. The van der Waals surface area contributed by atoms with Gasteiger partial charge in [0.15, 0.2) is 0 Å². The van der Waals surface area contributed by atoms with Crippen LogP contribution < -0.4 is 4.74 Å². The Kier molecular flexibility index (Phi) is 5.91. The van der Waals surface area contributed by atoms with Crippen LogP contribution in [0, 0.1) is 0 Å². The number of esters is 1. The summed E-state index contributed by atoms with van der Waals surface area (Å²) in [6.45, 7) is 6.69. The Bertz CT molecular complexity index is 348. The van der Waals surface area contributed by atoms with E-state index in [2.05, 4.69) is 0 Å². The molecule has 0 fully saturated rings. The van der Waals surface area contributed by atoms with Crippen molar-refractivity contribution in [1.29, 1.82) is 0 Å². The largest absolute Gasteiger partial charge is 0.494 e. The molecule has 94 valence electrons. The summed E-state index contributed by atoms with van der Waals surface area (Å²) in [5.74, 6) is 0.673. The summed E-state index contributed by atoms with van der Waals surface area (Å²) >= 11 is 1.49. The van der Waals surface area contributed by atoms with Crippen LogP contribution in [0.15, 0.2) is 29.2 Å². The molecule has 3 nitrogen and oxygen atoms in total. The first-order valence-electron chi connectivity index (χ1n) is 5.73. The number of hydrogen-bond acceptors (Lipinski definition) is 4. The molecule has 0 bridgehead atoms. The molecule has 0 aliphatic heterocycles. The van der Waals surface area contributed by atoms with Crippen molar-refractivity contribution in [3.05, 3.63) is 24.3 Å². The molecule has 1 atom stereocenters. The molecule has 1 aromatic carbocycles. The zero-order chi connectivity index (χ0) is 12.7. The van der Waals surface area contributed by atoms with Crippen LogP contribution >= 0.6 is 11.8 Å². The molecule has 0 saturated carbocycles. The van der Waals surface area contributed by atoms with Gasteiger partial charge in [-0.25, -0.2) is 0 Å². The predicted octanol–water partition coefficient (Wildman–Crippen LogP) is 3.13. The monoisotopic (exact) mass is 254 g/mol. The summed E-state index contributed by atoms with van der Waals surface area (Å²) in [7, 11) is 0. The van der Waals surface area contributed by atoms with E-state index in [0.717, 1.165) is 10.6 Å². The van der Waals surface area contributed by atoms with E-state index in [9.17, 15) is 4.79 Å². The Balaban J connectivity index is 2.53. The number of thioether (sulfide) groups is 1. The minimum atomic E-state index is -0.187. The molecular formula is C13H18O3S. The van der Waals surface area contributed by atoms with Gasteiger partial charge in [-0.1, -0.05) is 0 Å². The number of carbonyl (C=O) groups excluding carboxylic acids is 1. The van der Waals surface area contributed by atoms with Gasteiger partial charge in [0.1, 0.15) is 11.0 Å². The smallest absolute Gasteiger partial charge is 0.319 e. The summed E-state index contributed by atoms with van der Waals surface area (Å²) in [4.78, 5) is 12.5. The predicted molar refractivity (Wildman–Crippen MR) is 69.6 cm³/mol. The van der Waals surface area contributed by atoms with Crippen molar-refractivity contribution in [2.24, 2.45) is 0 Å². The topological polar surface area (TPSA) is 35.5 Å². The highest BCUT2D eigenvalue weighted by molar-refractivity contribution is 8.00. The van der Waals surface area contributed by atoms with E-state index < -0.39 is 0 Å². The summed E-state index contributed by atoms with van der Waals surface area (Å²) in [5.41, 5.74) is 0. The third-order valence-corrected chi connectivity index (χ3v) is 3.16. The van der Waals surface area contributed by atoms with E-state index in [-0.39, 0.29) is 11.2 Å². The van der Waals surface area contributed by atoms with Crippen LogP contribution in [0.3, 0.4) is 0 Å². The molecule has 17 heavy (non-hydrogen) atoms. The standard InChI is InChI=1S/C13H18O3S/c1-4-15-11-6-8-12(9-7-11)17-10(3)13(14)16-5-2/h6-10H,4-5H2,1-3H3/t10-/m0/s1. The Morgan fingerprint density at radius 2 is 1.88 bits per heavy atom. The zero-order valence-corrected chi connectivity index (χ0v) is 11.3. The van der Waals surface area contributed by atoms with Crippen molar-refractivity contribution in [2.75, 3.05) is 13.2 Å². The highest BCUT2D eigenvalue weighted by Crippen LogP contribution is 2.25. The van der Waals surface area contributed by atoms with Crippen molar-refractivity contribution in [2.45, 2.75) is 30.9 Å². The van der Waals surface area contributed by atoms with Gasteiger partial charge >= 0.3 is 5.97 Å². The summed E-state index contributed by atoms with van der Waals surface area (Å²) in [6, 6.07) is 7.71. The minimum Gasteiger partial charge on any atom is -0.494 e. The number of benzene rings is 1. The van der Waals surface area contributed by atoms with Gasteiger partial charge in [-0.15, -0.1) is 11.8 Å². The van der Waals surface area contributed by atoms with E-state index in [1.807, 2.05) is 45.0 Å². The lowest BCUT2D eigenvalue weighted by molar-refractivity contribution is -0.142. The van der Waals surface area contributed by atoms with Crippen molar-refractivity contribution in [3.63, 3.8) is 0 Å². The average molecular weight is 254 g/mol. The molecule has 0 aromatic heterocycles. The normalized spacial score (nSPS) is 11.9. The maximum atomic E-state index is 11.4. The molecule has 0 aliphatic rings. The van der Waals surface area contributed by atoms with Gasteiger partial charge in [0, 0.05) is 4.90 Å². The third kappa shape index (κ3) is 4.69. The highest BCUT2D eigenvalue weighted by Gasteiger charge is 2.15. The van der Waals surface area contributed by atoms with E-state index in [1.54, 1.807) is 0 Å². The SMILES string of the molecule is CCOC(=O)[C@H](C)Sc1ccc(OCC)cc1. The van der Waals surface area contributed by atoms with Gasteiger partial charge in [-0.05, 0) is 45.0 Å². The van der Waals surface area contributed by atoms with Crippen molar-refractivity contribution in [3.8, 4) is 5.75 Å². The second-order valence-corrected chi connectivity index (χ2v) is 4.83. The quantitative estimate of drug-likeness (QED) is 0.577. The van der Waals surface area contributed by atoms with Crippen LogP contribution in [0.2, 0.25) is 0 Å². The highest BCUT2D eigenvalue weighted by atomic mass is 32.2. The third-order valence-electron chi connectivity index (χ3n) is 2.07. The van der Waals surface area contributed by atoms with E-state index in [4.69, 9.17) is 9.47 Å². The van der Waals surface area contributed by atoms with E-state index in [0.29, 0.717) is 13.2 Å². The fourth-order valence-electron chi connectivity index (χ4n) is 1.29. The van der Waals surface area contributed by atoms with Gasteiger partial charge < -0.3 is 9.47 Å². The molecule has 1 aromatic rings. The second-order valence-electron chi connectivity index (χ2n) is 3.42. The molecule has 0 aliphatic carbocycles. The van der Waals surface area contributed by atoms with Crippen molar-refractivity contribution >= 4 is 17.7 Å². The maximum absolute atomic E-state index is 11.4. The number of carbonyl (C=O) groups is 1.